The Labute approximate surface area is 152 Å². The van der Waals surface area contributed by atoms with E-state index in [0.717, 1.165) is 19.0 Å². The van der Waals surface area contributed by atoms with Crippen LogP contribution in [0.3, 0.4) is 0 Å². The summed E-state index contributed by atoms with van der Waals surface area (Å²) in [5, 5.41) is 9.78. The van der Waals surface area contributed by atoms with Gasteiger partial charge in [0.1, 0.15) is 0 Å². The molecule has 2 saturated heterocycles. The van der Waals surface area contributed by atoms with Gasteiger partial charge in [-0.3, -0.25) is 4.79 Å². The highest BCUT2D eigenvalue weighted by Crippen LogP contribution is 2.43. The van der Waals surface area contributed by atoms with Crippen LogP contribution in [0.5, 0.6) is 5.75 Å². The SMILES string of the molecule is COc1ccc(S(=O)(=O)N2CC[C@@]3(C(=O)O)CCCN(C)[C@@H]3C2)cc1F. The molecule has 0 spiro atoms. The fourth-order valence-corrected chi connectivity index (χ4v) is 5.59. The molecule has 0 aliphatic carbocycles. The fourth-order valence-electron chi connectivity index (χ4n) is 4.13. The van der Waals surface area contributed by atoms with Gasteiger partial charge in [0.25, 0.3) is 0 Å². The number of hydrogen-bond donors (Lipinski definition) is 1. The first-order chi connectivity index (χ1) is 12.2. The molecule has 1 aromatic carbocycles. The number of carboxylic acids is 1. The Hall–Kier alpha value is -1.71. The van der Waals surface area contributed by atoms with Crippen LogP contribution < -0.4 is 4.74 Å². The molecule has 2 fully saturated rings. The van der Waals surface area contributed by atoms with E-state index in [4.69, 9.17) is 4.74 Å². The summed E-state index contributed by atoms with van der Waals surface area (Å²) in [5.41, 5.74) is -0.926. The topological polar surface area (TPSA) is 87.2 Å². The average molecular weight is 386 g/mol. The van der Waals surface area contributed by atoms with Crippen LogP contribution in [0.15, 0.2) is 23.1 Å². The second-order valence-corrected chi connectivity index (χ2v) is 8.91. The molecular formula is C17H23FN2O5S. The molecule has 2 atom stereocenters. The molecule has 0 bridgehead atoms. The summed E-state index contributed by atoms with van der Waals surface area (Å²) in [6.07, 6.45) is 1.56. The van der Waals surface area contributed by atoms with Gasteiger partial charge in [0.15, 0.2) is 11.6 Å². The number of hydrogen-bond acceptors (Lipinski definition) is 5. The van der Waals surface area contributed by atoms with Crippen molar-refractivity contribution in [1.82, 2.24) is 9.21 Å². The molecular weight excluding hydrogens is 363 g/mol. The number of carboxylic acid groups (broad SMARTS) is 1. The molecule has 26 heavy (non-hydrogen) atoms. The summed E-state index contributed by atoms with van der Waals surface area (Å²) < 4.78 is 45.9. The molecule has 2 heterocycles. The Morgan fingerprint density at radius 1 is 1.35 bits per heavy atom. The number of benzene rings is 1. The van der Waals surface area contributed by atoms with Gasteiger partial charge in [0, 0.05) is 19.1 Å². The molecule has 144 valence electrons. The van der Waals surface area contributed by atoms with Gasteiger partial charge in [-0.1, -0.05) is 0 Å². The zero-order valence-corrected chi connectivity index (χ0v) is 15.6. The summed E-state index contributed by atoms with van der Waals surface area (Å²) in [4.78, 5) is 13.7. The van der Waals surface area contributed by atoms with Gasteiger partial charge < -0.3 is 14.7 Å². The van der Waals surface area contributed by atoms with Crippen molar-refractivity contribution in [2.75, 3.05) is 33.8 Å². The number of carbonyl (C=O) groups is 1. The van der Waals surface area contributed by atoms with Crippen molar-refractivity contribution in [2.45, 2.75) is 30.2 Å². The zero-order valence-electron chi connectivity index (χ0n) is 14.8. The van der Waals surface area contributed by atoms with Crippen LogP contribution in [-0.4, -0.2) is 68.5 Å². The monoisotopic (exact) mass is 386 g/mol. The van der Waals surface area contributed by atoms with Crippen LogP contribution in [0.4, 0.5) is 4.39 Å². The largest absolute Gasteiger partial charge is 0.494 e. The van der Waals surface area contributed by atoms with Crippen LogP contribution in [0, 0.1) is 11.2 Å². The molecule has 0 radical (unpaired) electrons. The number of aliphatic carboxylic acids is 1. The Morgan fingerprint density at radius 2 is 2.08 bits per heavy atom. The maximum absolute atomic E-state index is 14.0. The third-order valence-electron chi connectivity index (χ3n) is 5.67. The Balaban J connectivity index is 1.91. The van der Waals surface area contributed by atoms with Crippen molar-refractivity contribution < 1.29 is 27.4 Å². The van der Waals surface area contributed by atoms with E-state index in [1.165, 1.54) is 23.5 Å². The predicted molar refractivity (Wildman–Crippen MR) is 92.0 cm³/mol. The fraction of sp³-hybridized carbons (Fsp3) is 0.588. The molecule has 2 aliphatic heterocycles. The van der Waals surface area contributed by atoms with Gasteiger partial charge in [-0.25, -0.2) is 12.8 Å². The van der Waals surface area contributed by atoms with E-state index in [9.17, 15) is 22.7 Å². The highest BCUT2D eigenvalue weighted by atomic mass is 32.2. The summed E-state index contributed by atoms with van der Waals surface area (Å²) in [5.74, 6) is -1.65. The number of ether oxygens (including phenoxy) is 1. The molecule has 1 N–H and O–H groups in total. The molecule has 7 nitrogen and oxygen atoms in total. The van der Waals surface area contributed by atoms with E-state index >= 15 is 0 Å². The van der Waals surface area contributed by atoms with E-state index in [1.54, 1.807) is 0 Å². The number of rotatable bonds is 4. The normalized spacial score (nSPS) is 27.7. The van der Waals surface area contributed by atoms with Crippen LogP contribution in [-0.2, 0) is 14.8 Å². The highest BCUT2D eigenvalue weighted by Gasteiger charge is 2.53. The molecule has 0 saturated carbocycles. The maximum atomic E-state index is 14.0. The number of halogens is 1. The second-order valence-electron chi connectivity index (χ2n) is 6.97. The van der Waals surface area contributed by atoms with Gasteiger partial charge in [-0.15, -0.1) is 0 Å². The number of nitrogens with zero attached hydrogens (tertiary/aromatic N) is 2. The number of fused-ring (bicyclic) bond motifs is 1. The molecule has 9 heteroatoms. The van der Waals surface area contributed by atoms with Crippen LogP contribution in [0.25, 0.3) is 0 Å². The van der Waals surface area contributed by atoms with E-state index < -0.39 is 33.3 Å². The number of likely N-dealkylation sites (N-methyl/N-ethyl adjacent to an activating group) is 1. The molecule has 2 aliphatic rings. The lowest BCUT2D eigenvalue weighted by Crippen LogP contribution is -2.63. The number of likely N-dealkylation sites (tertiary alicyclic amines) is 1. The minimum atomic E-state index is -3.92. The lowest BCUT2D eigenvalue weighted by Gasteiger charge is -2.51. The Kier molecular flexibility index (Phi) is 4.98. The summed E-state index contributed by atoms with van der Waals surface area (Å²) in [6, 6.07) is 3.12. The molecule has 0 amide bonds. The van der Waals surface area contributed by atoms with Gasteiger partial charge >= 0.3 is 5.97 Å². The van der Waals surface area contributed by atoms with Crippen molar-refractivity contribution >= 4 is 16.0 Å². The lowest BCUT2D eigenvalue weighted by molar-refractivity contribution is -0.160. The van der Waals surface area contributed by atoms with Crippen molar-refractivity contribution in [1.29, 1.82) is 0 Å². The van der Waals surface area contributed by atoms with E-state index in [0.29, 0.717) is 6.42 Å². The first-order valence-corrected chi connectivity index (χ1v) is 9.94. The third kappa shape index (κ3) is 2.97. The minimum Gasteiger partial charge on any atom is -0.494 e. The third-order valence-corrected chi connectivity index (χ3v) is 7.54. The lowest BCUT2D eigenvalue weighted by atomic mass is 9.69. The van der Waals surface area contributed by atoms with Crippen molar-refractivity contribution in [2.24, 2.45) is 5.41 Å². The van der Waals surface area contributed by atoms with Gasteiger partial charge in [-0.2, -0.15) is 4.31 Å². The smallest absolute Gasteiger partial charge is 0.311 e. The van der Waals surface area contributed by atoms with Crippen LogP contribution in [0.1, 0.15) is 19.3 Å². The highest BCUT2D eigenvalue weighted by molar-refractivity contribution is 7.89. The van der Waals surface area contributed by atoms with Crippen LogP contribution >= 0.6 is 0 Å². The molecule has 3 rings (SSSR count). The quantitative estimate of drug-likeness (QED) is 0.842. The van der Waals surface area contributed by atoms with E-state index in [1.807, 2.05) is 11.9 Å². The standard InChI is InChI=1S/C17H23FN2O5S/c1-19-8-3-6-17(16(21)22)7-9-20(11-15(17)19)26(23,24)12-4-5-14(25-2)13(18)10-12/h4-5,10,15H,3,6-9,11H2,1-2H3,(H,21,22)/t15-,17+/m1/s1. The first kappa shape index (κ1) is 19.1. The van der Waals surface area contributed by atoms with Crippen LogP contribution in [0.2, 0.25) is 0 Å². The van der Waals surface area contributed by atoms with Gasteiger partial charge in [-0.05, 0) is 51.1 Å². The average Bonchev–Trinajstić information content (AvgIpc) is 2.61. The number of piperidine rings is 2. The minimum absolute atomic E-state index is 0.0282. The Bertz CT molecular complexity index is 815. The molecule has 1 aromatic rings. The van der Waals surface area contributed by atoms with Crippen molar-refractivity contribution in [3.8, 4) is 5.75 Å². The number of sulfonamides is 1. The number of methoxy groups -OCH3 is 1. The second kappa shape index (κ2) is 6.79. The molecule has 0 unspecified atom stereocenters. The predicted octanol–water partition coefficient (Wildman–Crippen LogP) is 1.39. The molecule has 0 aromatic heterocycles. The van der Waals surface area contributed by atoms with Gasteiger partial charge in [0.2, 0.25) is 10.0 Å². The maximum Gasteiger partial charge on any atom is 0.311 e. The zero-order chi connectivity index (χ0) is 19.1. The van der Waals surface area contributed by atoms with Gasteiger partial charge in [0.05, 0.1) is 17.4 Å². The van der Waals surface area contributed by atoms with Crippen molar-refractivity contribution in [3.63, 3.8) is 0 Å². The van der Waals surface area contributed by atoms with E-state index in [2.05, 4.69) is 0 Å². The summed E-state index contributed by atoms with van der Waals surface area (Å²) >= 11 is 0. The Morgan fingerprint density at radius 3 is 2.69 bits per heavy atom. The van der Waals surface area contributed by atoms with Crippen molar-refractivity contribution in [3.05, 3.63) is 24.0 Å². The summed E-state index contributed by atoms with van der Waals surface area (Å²) in [7, 11) is -0.787. The first-order valence-electron chi connectivity index (χ1n) is 8.50. The van der Waals surface area contributed by atoms with E-state index in [-0.39, 0.29) is 30.2 Å². The summed E-state index contributed by atoms with van der Waals surface area (Å²) in [6.45, 7) is 0.913.